The monoisotopic (exact) mass is 383 g/mol. The predicted molar refractivity (Wildman–Crippen MR) is 107 cm³/mol. The number of rotatable bonds is 11. The van der Waals surface area contributed by atoms with Crippen molar-refractivity contribution in [3.8, 4) is 29.6 Å². The van der Waals surface area contributed by atoms with Crippen molar-refractivity contribution in [3.63, 3.8) is 0 Å². The van der Waals surface area contributed by atoms with Crippen molar-refractivity contribution in [2.75, 3.05) is 34.0 Å². The number of carbonyl (C=O) groups is 1. The average molecular weight is 383 g/mol. The van der Waals surface area contributed by atoms with Crippen molar-refractivity contribution in [1.82, 2.24) is 5.32 Å². The molecule has 0 spiro atoms. The number of carbonyl (C=O) groups excluding carboxylic acids is 1. The van der Waals surface area contributed by atoms with E-state index < -0.39 is 6.10 Å². The molecule has 0 unspecified atom stereocenters. The van der Waals surface area contributed by atoms with Crippen molar-refractivity contribution in [2.45, 2.75) is 12.5 Å². The van der Waals surface area contributed by atoms with E-state index in [9.17, 15) is 4.79 Å². The number of nitrogens with one attached hydrogen (secondary N) is 1. The van der Waals surface area contributed by atoms with Crippen LogP contribution in [0.4, 0.5) is 0 Å². The minimum atomic E-state index is -0.686. The summed E-state index contributed by atoms with van der Waals surface area (Å²) >= 11 is 0. The predicted octanol–water partition coefficient (Wildman–Crippen LogP) is 2.46. The van der Waals surface area contributed by atoms with Gasteiger partial charge in [0.1, 0.15) is 19.0 Å². The molecule has 6 heteroatoms. The maximum atomic E-state index is 12.3. The van der Waals surface area contributed by atoms with Crippen LogP contribution in [-0.2, 0) is 16.0 Å². The molecule has 0 saturated carbocycles. The molecule has 0 aliphatic carbocycles. The van der Waals surface area contributed by atoms with E-state index in [1.807, 2.05) is 42.5 Å². The zero-order valence-electron chi connectivity index (χ0n) is 16.1. The highest BCUT2D eigenvalue weighted by molar-refractivity contribution is 5.80. The van der Waals surface area contributed by atoms with Gasteiger partial charge in [-0.15, -0.1) is 6.42 Å². The Morgan fingerprint density at radius 2 is 1.89 bits per heavy atom. The van der Waals surface area contributed by atoms with Gasteiger partial charge in [-0.2, -0.15) is 0 Å². The van der Waals surface area contributed by atoms with Crippen molar-refractivity contribution in [2.24, 2.45) is 0 Å². The lowest BCUT2D eigenvalue weighted by Gasteiger charge is -2.16. The molecule has 2 rings (SSSR count). The van der Waals surface area contributed by atoms with E-state index >= 15 is 0 Å². The van der Waals surface area contributed by atoms with Crippen LogP contribution in [0.1, 0.15) is 5.56 Å². The maximum Gasteiger partial charge on any atom is 0.252 e. The van der Waals surface area contributed by atoms with Crippen LogP contribution in [0, 0.1) is 12.3 Å². The molecule has 0 aliphatic heterocycles. The molecule has 1 N–H and O–H groups in total. The van der Waals surface area contributed by atoms with Gasteiger partial charge in [0, 0.05) is 13.7 Å². The van der Waals surface area contributed by atoms with E-state index in [0.717, 1.165) is 5.56 Å². The maximum absolute atomic E-state index is 12.3. The lowest BCUT2D eigenvalue weighted by atomic mass is 10.1. The molecular weight excluding hydrogens is 358 g/mol. The van der Waals surface area contributed by atoms with Gasteiger partial charge in [-0.05, 0) is 36.2 Å². The largest absolute Gasteiger partial charge is 0.493 e. The van der Waals surface area contributed by atoms with Gasteiger partial charge >= 0.3 is 0 Å². The number of hydrogen-bond donors (Lipinski definition) is 1. The van der Waals surface area contributed by atoms with Gasteiger partial charge in [0.15, 0.2) is 17.6 Å². The first-order valence-corrected chi connectivity index (χ1v) is 8.89. The number of hydrogen-bond acceptors (Lipinski definition) is 5. The van der Waals surface area contributed by atoms with Crippen LogP contribution in [0.5, 0.6) is 17.2 Å². The van der Waals surface area contributed by atoms with Gasteiger partial charge in [-0.25, -0.2) is 0 Å². The fraction of sp³-hybridized carbons (Fsp3) is 0.318. The Labute approximate surface area is 165 Å². The van der Waals surface area contributed by atoms with Crippen molar-refractivity contribution < 1.29 is 23.7 Å². The molecule has 0 aromatic heterocycles. The summed E-state index contributed by atoms with van der Waals surface area (Å²) in [6.45, 7) is 0.772. The molecule has 0 aliphatic rings. The van der Waals surface area contributed by atoms with Crippen LogP contribution in [0.15, 0.2) is 48.5 Å². The Bertz CT molecular complexity index is 785. The van der Waals surface area contributed by atoms with Crippen molar-refractivity contribution >= 4 is 5.91 Å². The van der Waals surface area contributed by atoms with Gasteiger partial charge in [0.05, 0.1) is 7.11 Å². The molecular formula is C22H25NO5. The molecule has 28 heavy (non-hydrogen) atoms. The summed E-state index contributed by atoms with van der Waals surface area (Å²) in [5.74, 6) is 4.08. The number of methoxy groups -OCH3 is 2. The number of amides is 1. The van der Waals surface area contributed by atoms with Crippen LogP contribution < -0.4 is 19.5 Å². The topological polar surface area (TPSA) is 66.0 Å². The van der Waals surface area contributed by atoms with Gasteiger partial charge in [-0.1, -0.05) is 30.2 Å². The normalized spacial score (nSPS) is 11.2. The van der Waals surface area contributed by atoms with E-state index in [1.165, 1.54) is 7.11 Å². The first-order chi connectivity index (χ1) is 13.7. The van der Waals surface area contributed by atoms with E-state index in [1.54, 1.807) is 13.2 Å². The van der Waals surface area contributed by atoms with Gasteiger partial charge in [-0.3, -0.25) is 4.79 Å². The minimum Gasteiger partial charge on any atom is -0.493 e. The molecule has 0 bridgehead atoms. The SMILES string of the molecule is C#CCOc1ccc(CCNC(=O)[C@H](COc2ccccc2)OC)cc1OC. The Morgan fingerprint density at radius 3 is 2.57 bits per heavy atom. The molecule has 148 valence electrons. The zero-order valence-corrected chi connectivity index (χ0v) is 16.1. The highest BCUT2D eigenvalue weighted by Gasteiger charge is 2.18. The van der Waals surface area contributed by atoms with E-state index in [4.69, 9.17) is 25.4 Å². The van der Waals surface area contributed by atoms with Crippen LogP contribution in [-0.4, -0.2) is 46.0 Å². The minimum absolute atomic E-state index is 0.140. The Hall–Kier alpha value is -3.17. The zero-order chi connectivity index (χ0) is 20.2. The lowest BCUT2D eigenvalue weighted by molar-refractivity contribution is -0.132. The third kappa shape index (κ3) is 6.53. The van der Waals surface area contributed by atoms with Crippen LogP contribution >= 0.6 is 0 Å². The van der Waals surface area contributed by atoms with E-state index in [2.05, 4.69) is 11.2 Å². The summed E-state index contributed by atoms with van der Waals surface area (Å²) in [6.07, 6.45) is 5.15. The second-order valence-corrected chi connectivity index (χ2v) is 5.87. The summed E-state index contributed by atoms with van der Waals surface area (Å²) in [6, 6.07) is 14.9. The Morgan fingerprint density at radius 1 is 1.11 bits per heavy atom. The van der Waals surface area contributed by atoms with Gasteiger partial charge < -0.3 is 24.3 Å². The molecule has 1 atom stereocenters. The van der Waals surface area contributed by atoms with Crippen molar-refractivity contribution in [3.05, 3.63) is 54.1 Å². The first kappa shape index (κ1) is 21.1. The Kier molecular flexibility index (Phi) is 8.70. The average Bonchev–Trinajstić information content (AvgIpc) is 2.73. The summed E-state index contributed by atoms with van der Waals surface area (Å²) in [5, 5.41) is 2.86. The number of terminal acetylenes is 1. The summed E-state index contributed by atoms with van der Waals surface area (Å²) in [7, 11) is 3.05. The summed E-state index contributed by atoms with van der Waals surface area (Å²) < 4.78 is 21.6. The van der Waals surface area contributed by atoms with Crippen LogP contribution in [0.25, 0.3) is 0 Å². The van der Waals surface area contributed by atoms with Gasteiger partial charge in [0.25, 0.3) is 5.91 Å². The highest BCUT2D eigenvalue weighted by atomic mass is 16.5. The molecule has 6 nitrogen and oxygen atoms in total. The van der Waals surface area contributed by atoms with Crippen molar-refractivity contribution in [1.29, 1.82) is 0 Å². The molecule has 1 amide bonds. The summed E-state index contributed by atoms with van der Waals surface area (Å²) in [5.41, 5.74) is 1.000. The van der Waals surface area contributed by atoms with E-state index in [0.29, 0.717) is 30.2 Å². The highest BCUT2D eigenvalue weighted by Crippen LogP contribution is 2.28. The molecule has 0 fully saturated rings. The second-order valence-electron chi connectivity index (χ2n) is 5.87. The third-order valence-corrected chi connectivity index (χ3v) is 3.97. The molecule has 0 saturated heterocycles. The Balaban J connectivity index is 1.82. The molecule has 2 aromatic carbocycles. The third-order valence-electron chi connectivity index (χ3n) is 3.97. The first-order valence-electron chi connectivity index (χ1n) is 8.89. The summed E-state index contributed by atoms with van der Waals surface area (Å²) in [4.78, 5) is 12.3. The smallest absolute Gasteiger partial charge is 0.252 e. The molecule has 0 radical (unpaired) electrons. The van der Waals surface area contributed by atoms with Crippen LogP contribution in [0.3, 0.4) is 0 Å². The number of benzene rings is 2. The molecule has 2 aromatic rings. The quantitative estimate of drug-likeness (QED) is 0.604. The van der Waals surface area contributed by atoms with Crippen LogP contribution in [0.2, 0.25) is 0 Å². The molecule has 0 heterocycles. The lowest BCUT2D eigenvalue weighted by Crippen LogP contribution is -2.40. The van der Waals surface area contributed by atoms with E-state index in [-0.39, 0.29) is 19.1 Å². The number of para-hydroxylation sites is 1. The van der Waals surface area contributed by atoms with Gasteiger partial charge in [0.2, 0.25) is 0 Å². The fourth-order valence-electron chi connectivity index (χ4n) is 2.49. The fourth-order valence-corrected chi connectivity index (χ4v) is 2.49. The number of ether oxygens (including phenoxy) is 4. The standard InChI is InChI=1S/C22H25NO5/c1-4-14-27-19-11-10-17(15-20(19)25-2)12-13-23-22(24)21(26-3)16-28-18-8-6-5-7-9-18/h1,5-11,15,21H,12-14,16H2,2-3H3,(H,23,24)/t21-/m0/s1. The second kappa shape index (κ2) is 11.5.